The van der Waals surface area contributed by atoms with Gasteiger partial charge in [0, 0.05) is 35.8 Å². The van der Waals surface area contributed by atoms with Gasteiger partial charge in [0.2, 0.25) is 0 Å². The van der Waals surface area contributed by atoms with E-state index in [4.69, 9.17) is 39.3 Å². The molecule has 0 saturated heterocycles. The van der Waals surface area contributed by atoms with Crippen molar-refractivity contribution in [3.8, 4) is 22.7 Å². The molecule has 0 aliphatic carbocycles. The number of hydrogen-bond acceptors (Lipinski definition) is 5. The minimum absolute atomic E-state index is 0.0299. The summed E-state index contributed by atoms with van der Waals surface area (Å²) in [5.41, 5.74) is -6.52. The van der Waals surface area contributed by atoms with Gasteiger partial charge in [-0.15, -0.1) is 0 Å². The Bertz CT molecular complexity index is 1310. The largest absolute Gasteiger partial charge is 0.459 e. The number of aliphatic hydroxyl groups is 1. The van der Waals surface area contributed by atoms with Crippen LogP contribution in [0.2, 0.25) is 5.02 Å². The molecule has 2 aromatic heterocycles. The molecule has 17 heteroatoms. The van der Waals surface area contributed by atoms with Crippen molar-refractivity contribution in [3.05, 3.63) is 56.7 Å². The lowest BCUT2D eigenvalue weighted by molar-refractivity contribution is -0.292. The molecule has 0 unspecified atom stereocenters. The van der Waals surface area contributed by atoms with E-state index in [1.807, 2.05) is 0 Å². The van der Waals surface area contributed by atoms with Gasteiger partial charge in [-0.25, -0.2) is 0 Å². The minimum atomic E-state index is -6.34. The van der Waals surface area contributed by atoms with Crippen molar-refractivity contribution in [1.29, 1.82) is 0 Å². The van der Waals surface area contributed by atoms with E-state index in [0.29, 0.717) is 0 Å². The zero-order valence-electron chi connectivity index (χ0n) is 18.0. The van der Waals surface area contributed by atoms with Gasteiger partial charge in [0.15, 0.2) is 11.5 Å². The molecule has 2 heterocycles. The van der Waals surface area contributed by atoms with Crippen LogP contribution in [0.1, 0.15) is 23.0 Å². The molecule has 2 N–H and O–H groups in total. The van der Waals surface area contributed by atoms with Crippen molar-refractivity contribution in [2.24, 2.45) is 7.05 Å². The highest BCUT2D eigenvalue weighted by molar-refractivity contribution is 6.55. The number of benzene rings is 1. The standard InChI is InChI=1S/C20H13Cl3F8N4O2/c1-35-15(14(19(26,27)28)16(33-35)18(24,25)20(29,30)31)11-7-12(37-34-11)8-2-3-10(21)9(6-8)17(36)32-5-4-13(22)23/h2-4,6-7,17,32,36H,5H2,1H3/t17-/m0/s1. The topological polar surface area (TPSA) is 76.1 Å². The summed E-state index contributed by atoms with van der Waals surface area (Å²) < 4.78 is 113. The predicted molar refractivity (Wildman–Crippen MR) is 117 cm³/mol. The van der Waals surface area contributed by atoms with Gasteiger partial charge in [0.05, 0.1) is 0 Å². The van der Waals surface area contributed by atoms with Gasteiger partial charge in [0.25, 0.3) is 0 Å². The number of alkyl halides is 8. The van der Waals surface area contributed by atoms with Crippen LogP contribution in [0.5, 0.6) is 0 Å². The summed E-state index contributed by atoms with van der Waals surface area (Å²) in [5.74, 6) is -6.13. The van der Waals surface area contributed by atoms with Crippen molar-refractivity contribution in [1.82, 2.24) is 20.3 Å². The molecule has 3 aromatic rings. The van der Waals surface area contributed by atoms with Crippen molar-refractivity contribution in [3.63, 3.8) is 0 Å². The molecule has 6 nitrogen and oxygen atoms in total. The molecular formula is C20H13Cl3F8N4O2. The molecule has 3 rings (SSSR count). The number of rotatable bonds is 7. The summed E-state index contributed by atoms with van der Waals surface area (Å²) in [6.07, 6.45) is -12.0. The van der Waals surface area contributed by atoms with E-state index >= 15 is 0 Å². The summed E-state index contributed by atoms with van der Waals surface area (Å²) >= 11 is 17.0. The third-order valence-electron chi connectivity index (χ3n) is 4.88. The zero-order chi connectivity index (χ0) is 27.9. The maximum atomic E-state index is 13.9. The van der Waals surface area contributed by atoms with E-state index in [2.05, 4.69) is 15.6 Å². The van der Waals surface area contributed by atoms with Gasteiger partial charge in [-0.2, -0.15) is 40.2 Å². The van der Waals surface area contributed by atoms with Gasteiger partial charge in [-0.1, -0.05) is 40.0 Å². The predicted octanol–water partition coefficient (Wildman–Crippen LogP) is 6.97. The lowest BCUT2D eigenvalue weighted by Gasteiger charge is -2.19. The number of aryl methyl sites for hydroxylation is 1. The second-order valence-electron chi connectivity index (χ2n) is 7.38. The molecule has 202 valence electrons. The fourth-order valence-electron chi connectivity index (χ4n) is 3.23. The van der Waals surface area contributed by atoms with Crippen LogP contribution in [0, 0.1) is 0 Å². The molecule has 0 saturated carbocycles. The Balaban J connectivity index is 2.06. The molecule has 0 amide bonds. The lowest BCUT2D eigenvalue weighted by Crippen LogP contribution is -2.36. The second kappa shape index (κ2) is 10.4. The number of halogens is 11. The maximum absolute atomic E-state index is 13.9. The Hall–Kier alpha value is -2.39. The van der Waals surface area contributed by atoms with E-state index in [1.54, 1.807) is 0 Å². The summed E-state index contributed by atoms with van der Waals surface area (Å²) in [5, 5.41) is 19.3. The van der Waals surface area contributed by atoms with E-state index in [1.165, 1.54) is 24.3 Å². The number of aliphatic hydroxyl groups excluding tert-OH is 1. The molecule has 0 bridgehead atoms. The van der Waals surface area contributed by atoms with Crippen LogP contribution in [0.15, 0.2) is 39.4 Å². The summed E-state index contributed by atoms with van der Waals surface area (Å²) in [7, 11) is 0.749. The Labute approximate surface area is 217 Å². The lowest BCUT2D eigenvalue weighted by atomic mass is 10.0. The molecule has 0 aliphatic heterocycles. The summed E-state index contributed by atoms with van der Waals surface area (Å²) in [4.78, 5) is 0. The Morgan fingerprint density at radius 2 is 1.78 bits per heavy atom. The van der Waals surface area contributed by atoms with Crippen LogP contribution >= 0.6 is 34.8 Å². The Morgan fingerprint density at radius 3 is 2.35 bits per heavy atom. The second-order valence-corrected chi connectivity index (χ2v) is 8.80. The van der Waals surface area contributed by atoms with Crippen molar-refractivity contribution in [2.45, 2.75) is 24.5 Å². The summed E-state index contributed by atoms with van der Waals surface area (Å²) in [6.45, 7) is 0.0299. The number of nitrogens with zero attached hydrogens (tertiary/aromatic N) is 3. The van der Waals surface area contributed by atoms with Crippen LogP contribution < -0.4 is 5.32 Å². The van der Waals surface area contributed by atoms with Gasteiger partial charge >= 0.3 is 18.3 Å². The average molecular weight is 600 g/mol. The van der Waals surface area contributed by atoms with Crippen LogP contribution in [0.4, 0.5) is 35.1 Å². The molecule has 0 fully saturated rings. The maximum Gasteiger partial charge on any atom is 0.459 e. The normalized spacial score (nSPS) is 13.6. The Kier molecular flexibility index (Phi) is 8.20. The van der Waals surface area contributed by atoms with E-state index in [0.717, 1.165) is 13.1 Å². The summed E-state index contributed by atoms with van der Waals surface area (Å²) in [6, 6.07) is 4.82. The van der Waals surface area contributed by atoms with Gasteiger partial charge in [-0.3, -0.25) is 10.00 Å². The molecule has 0 spiro atoms. The first-order valence-corrected chi connectivity index (χ1v) is 10.9. The van der Waals surface area contributed by atoms with Crippen molar-refractivity contribution in [2.75, 3.05) is 6.54 Å². The zero-order valence-corrected chi connectivity index (χ0v) is 20.3. The van der Waals surface area contributed by atoms with E-state index in [9.17, 15) is 40.2 Å². The fourth-order valence-corrected chi connectivity index (χ4v) is 3.60. The van der Waals surface area contributed by atoms with Crippen LogP contribution in [0.3, 0.4) is 0 Å². The van der Waals surface area contributed by atoms with Crippen LogP contribution in [0.25, 0.3) is 22.7 Å². The van der Waals surface area contributed by atoms with Gasteiger partial charge in [-0.05, 0) is 24.3 Å². The first-order valence-electron chi connectivity index (χ1n) is 9.73. The molecule has 37 heavy (non-hydrogen) atoms. The molecule has 0 aliphatic rings. The molecular weight excluding hydrogens is 587 g/mol. The van der Waals surface area contributed by atoms with Crippen LogP contribution in [-0.4, -0.2) is 32.8 Å². The number of aromatic nitrogens is 3. The first-order chi connectivity index (χ1) is 16.9. The number of hydrogen-bond donors (Lipinski definition) is 2. The van der Waals surface area contributed by atoms with Gasteiger partial charge in [0.1, 0.15) is 27.7 Å². The third-order valence-corrected chi connectivity index (χ3v) is 5.53. The third kappa shape index (κ3) is 6.03. The SMILES string of the molecule is Cn1nc(C(F)(F)C(F)(F)F)c(C(F)(F)F)c1-c1cc(-c2ccc(Cl)c([C@H](O)NCC=C(Cl)Cl)c2)on1. The highest BCUT2D eigenvalue weighted by atomic mass is 35.5. The molecule has 1 atom stereocenters. The molecule has 0 radical (unpaired) electrons. The number of nitrogens with one attached hydrogen (secondary N) is 1. The first kappa shape index (κ1) is 29.2. The monoisotopic (exact) mass is 598 g/mol. The van der Waals surface area contributed by atoms with Crippen molar-refractivity contribution < 1.29 is 44.8 Å². The van der Waals surface area contributed by atoms with Crippen molar-refractivity contribution >= 4 is 34.8 Å². The fraction of sp³-hybridized carbons (Fsp3) is 0.300. The molecule has 1 aromatic carbocycles. The van der Waals surface area contributed by atoms with Gasteiger partial charge < -0.3 is 9.63 Å². The minimum Gasteiger partial charge on any atom is -0.374 e. The van der Waals surface area contributed by atoms with E-state index in [-0.39, 0.29) is 37.6 Å². The smallest absolute Gasteiger partial charge is 0.374 e. The highest BCUT2D eigenvalue weighted by Crippen LogP contribution is 2.50. The Morgan fingerprint density at radius 1 is 1.14 bits per heavy atom. The quantitative estimate of drug-likeness (QED) is 0.227. The average Bonchev–Trinajstić information content (AvgIpc) is 3.37. The van der Waals surface area contributed by atoms with Crippen LogP contribution in [-0.2, 0) is 19.1 Å². The van der Waals surface area contributed by atoms with E-state index < -0.39 is 47.1 Å². The highest BCUT2D eigenvalue weighted by Gasteiger charge is 2.64.